The van der Waals surface area contributed by atoms with Gasteiger partial charge in [-0.2, -0.15) is 0 Å². The summed E-state index contributed by atoms with van der Waals surface area (Å²) in [6.07, 6.45) is 5.08. The second-order valence-electron chi connectivity index (χ2n) is 6.48. The minimum Gasteiger partial charge on any atom is -0.481 e. The van der Waals surface area contributed by atoms with Crippen LogP contribution in [-0.4, -0.2) is 39.1 Å². The Hall–Kier alpha value is -2.50. The standard InChI is InChI=1S/C18H22N4O2/c1-12(2)17-20-15(13-5-7-19-8-6-13)10-16(21-17)22-9-3-4-14(11-22)18(23)24/h5-8,10,12,14H,3-4,9,11H2,1-2H3,(H,23,24). The van der Waals surface area contributed by atoms with Crippen molar-refractivity contribution in [2.24, 2.45) is 5.92 Å². The van der Waals surface area contributed by atoms with Gasteiger partial charge < -0.3 is 10.0 Å². The lowest BCUT2D eigenvalue weighted by Gasteiger charge is -2.32. The van der Waals surface area contributed by atoms with E-state index < -0.39 is 5.97 Å². The van der Waals surface area contributed by atoms with E-state index in [0.29, 0.717) is 6.54 Å². The number of carboxylic acid groups (broad SMARTS) is 1. The van der Waals surface area contributed by atoms with Gasteiger partial charge in [0.05, 0.1) is 11.6 Å². The summed E-state index contributed by atoms with van der Waals surface area (Å²) < 4.78 is 0. The zero-order valence-electron chi connectivity index (χ0n) is 14.0. The molecule has 3 heterocycles. The third-order valence-corrected chi connectivity index (χ3v) is 4.32. The van der Waals surface area contributed by atoms with Gasteiger partial charge in [0.15, 0.2) is 0 Å². The van der Waals surface area contributed by atoms with Crippen molar-refractivity contribution in [2.75, 3.05) is 18.0 Å². The SMILES string of the molecule is CC(C)c1nc(-c2ccncc2)cc(N2CCCC(C(=O)O)C2)n1. The molecule has 3 rings (SSSR count). The van der Waals surface area contributed by atoms with E-state index in [4.69, 9.17) is 0 Å². The summed E-state index contributed by atoms with van der Waals surface area (Å²) in [5.74, 6) is 0.724. The largest absolute Gasteiger partial charge is 0.481 e. The molecule has 0 radical (unpaired) electrons. The maximum absolute atomic E-state index is 11.3. The van der Waals surface area contributed by atoms with E-state index in [2.05, 4.69) is 33.7 Å². The number of aliphatic carboxylic acids is 1. The molecule has 1 saturated heterocycles. The van der Waals surface area contributed by atoms with Gasteiger partial charge in [-0.25, -0.2) is 9.97 Å². The molecule has 1 atom stereocenters. The number of carbonyl (C=O) groups is 1. The van der Waals surface area contributed by atoms with E-state index in [-0.39, 0.29) is 11.8 Å². The second-order valence-corrected chi connectivity index (χ2v) is 6.48. The van der Waals surface area contributed by atoms with Crippen LogP contribution < -0.4 is 4.90 Å². The fourth-order valence-corrected chi connectivity index (χ4v) is 2.93. The molecule has 6 nitrogen and oxygen atoms in total. The number of aromatic nitrogens is 3. The first-order valence-corrected chi connectivity index (χ1v) is 8.31. The fourth-order valence-electron chi connectivity index (χ4n) is 2.93. The Morgan fingerprint density at radius 3 is 2.71 bits per heavy atom. The van der Waals surface area contributed by atoms with Crippen LogP contribution in [0.5, 0.6) is 0 Å². The van der Waals surface area contributed by atoms with Crippen molar-refractivity contribution in [2.45, 2.75) is 32.6 Å². The Labute approximate surface area is 141 Å². The van der Waals surface area contributed by atoms with E-state index in [0.717, 1.165) is 42.3 Å². The quantitative estimate of drug-likeness (QED) is 0.930. The van der Waals surface area contributed by atoms with Crippen molar-refractivity contribution >= 4 is 11.8 Å². The van der Waals surface area contributed by atoms with Crippen LogP contribution in [0.2, 0.25) is 0 Å². The zero-order valence-corrected chi connectivity index (χ0v) is 14.0. The molecule has 0 amide bonds. The molecular formula is C18H22N4O2. The summed E-state index contributed by atoms with van der Waals surface area (Å²) in [7, 11) is 0. The lowest BCUT2D eigenvalue weighted by atomic mass is 9.98. The Morgan fingerprint density at radius 1 is 1.29 bits per heavy atom. The highest BCUT2D eigenvalue weighted by atomic mass is 16.4. The summed E-state index contributed by atoms with van der Waals surface area (Å²) in [4.78, 5) is 26.8. The first kappa shape index (κ1) is 16.4. The molecule has 6 heteroatoms. The zero-order chi connectivity index (χ0) is 17.1. The lowest BCUT2D eigenvalue weighted by Crippen LogP contribution is -2.39. The number of carboxylic acids is 1. The third-order valence-electron chi connectivity index (χ3n) is 4.32. The smallest absolute Gasteiger partial charge is 0.308 e. The number of nitrogens with zero attached hydrogens (tertiary/aromatic N) is 4. The van der Waals surface area contributed by atoms with Crippen LogP contribution in [0.4, 0.5) is 5.82 Å². The first-order valence-electron chi connectivity index (χ1n) is 8.31. The number of pyridine rings is 1. The van der Waals surface area contributed by atoms with Crippen LogP contribution >= 0.6 is 0 Å². The molecule has 0 saturated carbocycles. The van der Waals surface area contributed by atoms with Crippen molar-refractivity contribution < 1.29 is 9.90 Å². The highest BCUT2D eigenvalue weighted by Gasteiger charge is 2.26. The van der Waals surface area contributed by atoms with Gasteiger partial charge in [-0.1, -0.05) is 13.8 Å². The minimum absolute atomic E-state index is 0.200. The topological polar surface area (TPSA) is 79.2 Å². The molecule has 24 heavy (non-hydrogen) atoms. The molecule has 1 aliphatic rings. The summed E-state index contributed by atoms with van der Waals surface area (Å²) in [6, 6.07) is 5.80. The van der Waals surface area contributed by atoms with Gasteiger partial charge in [-0.05, 0) is 25.0 Å². The maximum atomic E-state index is 11.3. The van der Waals surface area contributed by atoms with Gasteiger partial charge >= 0.3 is 5.97 Å². The molecule has 1 N–H and O–H groups in total. The average molecular weight is 326 g/mol. The third kappa shape index (κ3) is 3.53. The maximum Gasteiger partial charge on any atom is 0.308 e. The van der Waals surface area contributed by atoms with E-state index in [1.165, 1.54) is 0 Å². The number of piperidine rings is 1. The van der Waals surface area contributed by atoms with Crippen LogP contribution in [0.1, 0.15) is 38.4 Å². The van der Waals surface area contributed by atoms with Crippen LogP contribution in [0, 0.1) is 5.92 Å². The lowest BCUT2D eigenvalue weighted by molar-refractivity contribution is -0.141. The van der Waals surface area contributed by atoms with Gasteiger partial charge in [0.25, 0.3) is 0 Å². The highest BCUT2D eigenvalue weighted by Crippen LogP contribution is 2.27. The first-order chi connectivity index (χ1) is 11.5. The molecule has 2 aromatic heterocycles. The summed E-state index contributed by atoms with van der Waals surface area (Å²) in [6.45, 7) is 5.45. The van der Waals surface area contributed by atoms with Gasteiger partial charge in [0.1, 0.15) is 11.6 Å². The van der Waals surface area contributed by atoms with Crippen molar-refractivity contribution in [3.63, 3.8) is 0 Å². The molecule has 0 spiro atoms. The fraction of sp³-hybridized carbons (Fsp3) is 0.444. The Morgan fingerprint density at radius 2 is 2.04 bits per heavy atom. The molecule has 126 valence electrons. The predicted molar refractivity (Wildman–Crippen MR) is 91.9 cm³/mol. The normalized spacial score (nSPS) is 18.0. The number of hydrogen-bond acceptors (Lipinski definition) is 5. The van der Waals surface area contributed by atoms with E-state index >= 15 is 0 Å². The Balaban J connectivity index is 1.98. The van der Waals surface area contributed by atoms with Gasteiger partial charge in [0, 0.05) is 43.0 Å². The molecule has 2 aromatic rings. The van der Waals surface area contributed by atoms with Crippen molar-refractivity contribution in [3.8, 4) is 11.3 Å². The predicted octanol–water partition coefficient (Wildman–Crippen LogP) is 2.96. The molecule has 0 aliphatic carbocycles. The van der Waals surface area contributed by atoms with Gasteiger partial charge in [-0.15, -0.1) is 0 Å². The second kappa shape index (κ2) is 6.95. The monoisotopic (exact) mass is 326 g/mol. The summed E-state index contributed by atoms with van der Waals surface area (Å²) in [5.41, 5.74) is 1.84. The van der Waals surface area contributed by atoms with E-state index in [9.17, 15) is 9.90 Å². The van der Waals surface area contributed by atoms with Crippen LogP contribution in [0.3, 0.4) is 0 Å². The van der Waals surface area contributed by atoms with Gasteiger partial charge in [0.2, 0.25) is 0 Å². The van der Waals surface area contributed by atoms with Crippen LogP contribution in [0.15, 0.2) is 30.6 Å². The Bertz CT molecular complexity index is 718. The molecule has 1 fully saturated rings. The molecular weight excluding hydrogens is 304 g/mol. The minimum atomic E-state index is -0.729. The Kier molecular flexibility index (Phi) is 4.74. The summed E-state index contributed by atoms with van der Waals surface area (Å²) >= 11 is 0. The number of anilines is 1. The van der Waals surface area contributed by atoms with Gasteiger partial charge in [-0.3, -0.25) is 9.78 Å². The molecule has 1 aliphatic heterocycles. The summed E-state index contributed by atoms with van der Waals surface area (Å²) in [5, 5.41) is 9.31. The van der Waals surface area contributed by atoms with Crippen molar-refractivity contribution in [1.29, 1.82) is 0 Å². The number of hydrogen-bond donors (Lipinski definition) is 1. The van der Waals surface area contributed by atoms with E-state index in [1.807, 2.05) is 18.2 Å². The molecule has 0 aromatic carbocycles. The van der Waals surface area contributed by atoms with Crippen molar-refractivity contribution in [3.05, 3.63) is 36.4 Å². The highest BCUT2D eigenvalue weighted by molar-refractivity contribution is 5.71. The van der Waals surface area contributed by atoms with Crippen LogP contribution in [-0.2, 0) is 4.79 Å². The van der Waals surface area contributed by atoms with Crippen LogP contribution in [0.25, 0.3) is 11.3 Å². The molecule has 0 bridgehead atoms. The van der Waals surface area contributed by atoms with Crippen molar-refractivity contribution in [1.82, 2.24) is 15.0 Å². The average Bonchev–Trinajstić information content (AvgIpc) is 2.62. The number of rotatable bonds is 4. The van der Waals surface area contributed by atoms with E-state index in [1.54, 1.807) is 12.4 Å². The molecule has 1 unspecified atom stereocenters.